The van der Waals surface area contributed by atoms with Crippen molar-refractivity contribution in [2.75, 3.05) is 13.1 Å². The highest BCUT2D eigenvalue weighted by Crippen LogP contribution is 2.24. The molecule has 18 heavy (non-hydrogen) atoms. The maximum atomic E-state index is 5.92. The average molecular weight is 269 g/mol. The topological polar surface area (TPSA) is 38.0 Å². The molecule has 0 aromatic heterocycles. The monoisotopic (exact) mass is 268 g/mol. The number of nitrogens with one attached hydrogen (secondary N) is 1. The quantitative estimate of drug-likeness (QED) is 0.831. The second-order valence-corrected chi connectivity index (χ2v) is 6.60. The summed E-state index contributed by atoms with van der Waals surface area (Å²) < 4.78 is 0. The molecule has 2 nitrogen and oxygen atoms in total. The maximum absolute atomic E-state index is 5.92. The molecule has 0 atom stereocenters. The van der Waals surface area contributed by atoms with Crippen LogP contribution in [0.5, 0.6) is 0 Å². The Morgan fingerprint density at radius 1 is 1.11 bits per heavy atom. The molecule has 1 rings (SSSR count). The molecule has 0 aliphatic heterocycles. The molecule has 0 spiro atoms. The molecule has 3 N–H and O–H groups in total. The van der Waals surface area contributed by atoms with Gasteiger partial charge in [0.05, 0.1) is 0 Å². The Morgan fingerprint density at radius 3 is 2.17 bits per heavy atom. The molecule has 0 aliphatic carbocycles. The summed E-state index contributed by atoms with van der Waals surface area (Å²) in [6.45, 7) is 10.5. The highest BCUT2D eigenvalue weighted by Gasteiger charge is 2.24. The van der Waals surface area contributed by atoms with Crippen LogP contribution in [0.4, 0.5) is 0 Å². The van der Waals surface area contributed by atoms with E-state index in [1.807, 2.05) is 12.1 Å². The van der Waals surface area contributed by atoms with E-state index < -0.39 is 0 Å². The van der Waals surface area contributed by atoms with Crippen LogP contribution in [0.2, 0.25) is 5.02 Å². The Hall–Kier alpha value is -0.570. The highest BCUT2D eigenvalue weighted by molar-refractivity contribution is 6.30. The summed E-state index contributed by atoms with van der Waals surface area (Å²) >= 11 is 5.92. The Morgan fingerprint density at radius 2 is 1.67 bits per heavy atom. The van der Waals surface area contributed by atoms with Crippen LogP contribution in [0.15, 0.2) is 24.3 Å². The van der Waals surface area contributed by atoms with Crippen LogP contribution in [0, 0.1) is 0 Å². The first-order valence-corrected chi connectivity index (χ1v) is 6.86. The molecular weight excluding hydrogens is 244 g/mol. The molecule has 1 aromatic carbocycles. The number of nitrogens with two attached hydrogens (primary N) is 1. The van der Waals surface area contributed by atoms with Gasteiger partial charge in [0, 0.05) is 22.5 Å². The van der Waals surface area contributed by atoms with Crippen LogP contribution in [-0.4, -0.2) is 18.6 Å². The molecule has 0 saturated heterocycles. The van der Waals surface area contributed by atoms with Crippen LogP contribution >= 0.6 is 11.6 Å². The van der Waals surface area contributed by atoms with Crippen LogP contribution < -0.4 is 11.1 Å². The third-order valence-electron chi connectivity index (χ3n) is 3.40. The standard InChI is InChI=1S/C15H25ClN2/c1-14(2,11-18-15(3,4)9-10-17)12-5-7-13(16)8-6-12/h5-8,18H,9-11,17H2,1-4H3. The summed E-state index contributed by atoms with van der Waals surface area (Å²) in [5.74, 6) is 0. The van der Waals surface area contributed by atoms with Gasteiger partial charge >= 0.3 is 0 Å². The van der Waals surface area contributed by atoms with Gasteiger partial charge in [-0.25, -0.2) is 0 Å². The molecule has 0 unspecified atom stereocenters. The first kappa shape index (κ1) is 15.5. The largest absolute Gasteiger partial charge is 0.330 e. The molecule has 3 heteroatoms. The van der Waals surface area contributed by atoms with E-state index in [1.165, 1.54) is 5.56 Å². The van der Waals surface area contributed by atoms with Gasteiger partial charge in [-0.1, -0.05) is 37.6 Å². The van der Waals surface area contributed by atoms with E-state index in [0.29, 0.717) is 6.54 Å². The minimum absolute atomic E-state index is 0.0798. The zero-order chi connectivity index (χ0) is 13.8. The molecule has 0 radical (unpaired) electrons. The van der Waals surface area contributed by atoms with E-state index in [4.69, 9.17) is 17.3 Å². The minimum atomic E-state index is 0.0798. The number of benzene rings is 1. The minimum Gasteiger partial charge on any atom is -0.330 e. The van der Waals surface area contributed by atoms with Crippen molar-refractivity contribution in [2.24, 2.45) is 5.73 Å². The SMILES string of the molecule is CC(C)(CCN)NCC(C)(C)c1ccc(Cl)cc1. The second kappa shape index (κ2) is 6.05. The molecule has 0 heterocycles. The van der Waals surface area contributed by atoms with Crippen molar-refractivity contribution >= 4 is 11.6 Å². The predicted octanol–water partition coefficient (Wildman–Crippen LogP) is 3.33. The Labute approximate surface area is 116 Å². The van der Waals surface area contributed by atoms with Gasteiger partial charge in [0.1, 0.15) is 0 Å². The Kier molecular flexibility index (Phi) is 5.20. The van der Waals surface area contributed by atoms with Crippen molar-refractivity contribution in [3.8, 4) is 0 Å². The third kappa shape index (κ3) is 4.60. The van der Waals surface area contributed by atoms with Gasteiger partial charge in [-0.3, -0.25) is 0 Å². The lowest BCUT2D eigenvalue weighted by molar-refractivity contribution is 0.326. The van der Waals surface area contributed by atoms with Crippen LogP contribution in [0.1, 0.15) is 39.7 Å². The fourth-order valence-electron chi connectivity index (χ4n) is 1.91. The van der Waals surface area contributed by atoms with Gasteiger partial charge in [-0.05, 0) is 44.5 Å². The van der Waals surface area contributed by atoms with Crippen molar-refractivity contribution < 1.29 is 0 Å². The summed E-state index contributed by atoms with van der Waals surface area (Å²) in [5.41, 5.74) is 7.08. The number of hydrogen-bond donors (Lipinski definition) is 2. The fraction of sp³-hybridized carbons (Fsp3) is 0.600. The maximum Gasteiger partial charge on any atom is 0.0406 e. The summed E-state index contributed by atoms with van der Waals surface area (Å²) in [6.07, 6.45) is 0.976. The van der Waals surface area contributed by atoms with E-state index in [9.17, 15) is 0 Å². The van der Waals surface area contributed by atoms with Crippen molar-refractivity contribution in [1.29, 1.82) is 0 Å². The lowest BCUT2D eigenvalue weighted by Gasteiger charge is -2.33. The molecule has 102 valence electrons. The molecule has 0 saturated carbocycles. The smallest absolute Gasteiger partial charge is 0.0406 e. The van der Waals surface area contributed by atoms with Gasteiger partial charge in [0.25, 0.3) is 0 Å². The van der Waals surface area contributed by atoms with E-state index in [0.717, 1.165) is 18.0 Å². The van der Waals surface area contributed by atoms with E-state index in [2.05, 4.69) is 45.1 Å². The molecular formula is C15H25ClN2. The average Bonchev–Trinajstić information content (AvgIpc) is 2.27. The van der Waals surface area contributed by atoms with Crippen molar-refractivity contribution in [3.05, 3.63) is 34.9 Å². The van der Waals surface area contributed by atoms with Gasteiger partial charge in [0.15, 0.2) is 0 Å². The van der Waals surface area contributed by atoms with E-state index >= 15 is 0 Å². The summed E-state index contributed by atoms with van der Waals surface area (Å²) in [7, 11) is 0. The van der Waals surface area contributed by atoms with Crippen LogP contribution in [0.3, 0.4) is 0 Å². The van der Waals surface area contributed by atoms with Crippen LogP contribution in [-0.2, 0) is 5.41 Å². The van der Waals surface area contributed by atoms with E-state index in [1.54, 1.807) is 0 Å². The number of rotatable bonds is 6. The van der Waals surface area contributed by atoms with Gasteiger partial charge in [0.2, 0.25) is 0 Å². The van der Waals surface area contributed by atoms with Gasteiger partial charge in [-0.15, -0.1) is 0 Å². The molecule has 0 aliphatic rings. The lowest BCUT2D eigenvalue weighted by atomic mass is 9.83. The van der Waals surface area contributed by atoms with Crippen molar-refractivity contribution in [2.45, 2.75) is 45.1 Å². The van der Waals surface area contributed by atoms with Gasteiger partial charge < -0.3 is 11.1 Å². The molecule has 1 aromatic rings. The van der Waals surface area contributed by atoms with E-state index in [-0.39, 0.29) is 11.0 Å². The highest BCUT2D eigenvalue weighted by atomic mass is 35.5. The van der Waals surface area contributed by atoms with Crippen LogP contribution in [0.25, 0.3) is 0 Å². The normalized spacial score (nSPS) is 12.8. The van der Waals surface area contributed by atoms with Crippen molar-refractivity contribution in [1.82, 2.24) is 5.32 Å². The zero-order valence-electron chi connectivity index (χ0n) is 11.9. The fourth-order valence-corrected chi connectivity index (χ4v) is 2.04. The second-order valence-electron chi connectivity index (χ2n) is 6.17. The third-order valence-corrected chi connectivity index (χ3v) is 3.66. The summed E-state index contributed by atoms with van der Waals surface area (Å²) in [4.78, 5) is 0. The first-order chi connectivity index (χ1) is 8.27. The Bertz CT molecular complexity index is 369. The first-order valence-electron chi connectivity index (χ1n) is 6.48. The van der Waals surface area contributed by atoms with Gasteiger partial charge in [-0.2, -0.15) is 0 Å². The molecule has 0 bridgehead atoms. The summed E-state index contributed by atoms with van der Waals surface area (Å²) in [6, 6.07) is 8.09. The number of hydrogen-bond acceptors (Lipinski definition) is 2. The zero-order valence-corrected chi connectivity index (χ0v) is 12.6. The Balaban J connectivity index is 2.67. The summed E-state index contributed by atoms with van der Waals surface area (Å²) in [5, 5.41) is 4.38. The molecule has 0 amide bonds. The van der Waals surface area contributed by atoms with Crippen molar-refractivity contribution in [3.63, 3.8) is 0 Å². The number of halogens is 1. The predicted molar refractivity (Wildman–Crippen MR) is 80.2 cm³/mol. The molecule has 0 fully saturated rings. The lowest BCUT2D eigenvalue weighted by Crippen LogP contribution is -2.46.